The maximum atomic E-state index is 12.2. The van der Waals surface area contributed by atoms with Gasteiger partial charge in [-0.25, -0.2) is 32.9 Å². The van der Waals surface area contributed by atoms with E-state index in [0.717, 1.165) is 16.3 Å². The Balaban J connectivity index is 0.000000550. The van der Waals surface area contributed by atoms with Gasteiger partial charge in [0.1, 0.15) is 18.1 Å². The van der Waals surface area contributed by atoms with Gasteiger partial charge in [-0.2, -0.15) is 5.84 Å². The quantitative estimate of drug-likeness (QED) is 0.0385. The predicted molar refractivity (Wildman–Crippen MR) is 127 cm³/mol. The number of nitrogens with one attached hydrogen (secondary N) is 3. The van der Waals surface area contributed by atoms with Crippen LogP contribution in [0.25, 0.3) is 10.8 Å². The molecule has 0 bridgehead atoms. The second-order valence-corrected chi connectivity index (χ2v) is 9.65. The highest BCUT2D eigenvalue weighted by molar-refractivity contribution is 7.85. The largest absolute Gasteiger partial charge is 0.748 e. The summed E-state index contributed by atoms with van der Waals surface area (Å²) in [6.07, 6.45) is 4.36. The van der Waals surface area contributed by atoms with E-state index in [2.05, 4.69) is 15.5 Å². The smallest absolute Gasteiger partial charge is 0.379 e. The van der Waals surface area contributed by atoms with E-state index in [1.54, 1.807) is 30.5 Å². The average molecular weight is 544 g/mol. The topological polar surface area (TPSA) is 246 Å². The molecule has 0 saturated heterocycles. The summed E-state index contributed by atoms with van der Waals surface area (Å²) in [7, 11) is -7.83. The molecule has 1 aromatic heterocycles. The predicted octanol–water partition coefficient (Wildman–Crippen LogP) is -3.58. The van der Waals surface area contributed by atoms with E-state index in [9.17, 15) is 4.79 Å². The third kappa shape index (κ3) is 13.8. The van der Waals surface area contributed by atoms with E-state index in [4.69, 9.17) is 46.8 Å². The fraction of sp³-hybridized carbons (Fsp3) is 0.150. The first-order valence-electron chi connectivity index (χ1n) is 9.66. The number of carbonyl (C=O) groups excluding carboxylic acids is 1. The molecule has 14 nitrogen and oxygen atoms in total. The van der Waals surface area contributed by atoms with E-state index in [1.807, 2.05) is 24.3 Å². The molecule has 3 rings (SSSR count). The van der Waals surface area contributed by atoms with Crippen molar-refractivity contribution < 1.29 is 50.0 Å². The lowest BCUT2D eigenvalue weighted by Crippen LogP contribution is -2.76. The van der Waals surface area contributed by atoms with E-state index >= 15 is 0 Å². The number of furan rings is 1. The average Bonchev–Trinajstić information content (AvgIpc) is 3.21. The van der Waals surface area contributed by atoms with Gasteiger partial charge in [-0.1, -0.05) is 12.1 Å². The Bertz CT molecular complexity index is 1390. The van der Waals surface area contributed by atoms with Gasteiger partial charge in [-0.05, 0) is 47.2 Å². The molecular formula is C20H25N5O9S2. The first-order chi connectivity index (χ1) is 16.7. The maximum Gasteiger partial charge on any atom is 0.379 e. The van der Waals surface area contributed by atoms with Gasteiger partial charge in [0.2, 0.25) is 12.1 Å². The Kier molecular flexibility index (Phi) is 11.7. The van der Waals surface area contributed by atoms with Crippen molar-refractivity contribution >= 4 is 49.5 Å². The summed E-state index contributed by atoms with van der Waals surface area (Å²) >= 11 is 0. The number of fused-ring (bicyclic) bond motifs is 1. The fourth-order valence-corrected chi connectivity index (χ4v) is 2.44. The Morgan fingerprint density at radius 2 is 1.61 bits per heavy atom. The Morgan fingerprint density at radius 1 is 1.03 bits per heavy atom. The summed E-state index contributed by atoms with van der Waals surface area (Å²) in [4.78, 5) is 15.1. The van der Waals surface area contributed by atoms with Crippen molar-refractivity contribution in [1.82, 2.24) is 5.43 Å². The summed E-state index contributed by atoms with van der Waals surface area (Å²) in [6, 6.07) is 14.5. The molecule has 36 heavy (non-hydrogen) atoms. The van der Waals surface area contributed by atoms with Gasteiger partial charge in [-0.3, -0.25) is 4.99 Å². The van der Waals surface area contributed by atoms with Crippen molar-refractivity contribution in [3.63, 3.8) is 0 Å². The van der Waals surface area contributed by atoms with Crippen molar-refractivity contribution in [3.05, 3.63) is 65.6 Å². The summed E-state index contributed by atoms with van der Waals surface area (Å²) in [5.41, 5.74) is 3.29. The van der Waals surface area contributed by atoms with E-state index in [0.29, 0.717) is 30.6 Å². The number of ether oxygens (including phenoxy) is 1. The number of hydrogen-bond donors (Lipinski definition) is 5. The minimum absolute atomic E-state index is 0.126. The van der Waals surface area contributed by atoms with Gasteiger partial charge in [0.05, 0.1) is 20.2 Å². The lowest BCUT2D eigenvalue weighted by molar-refractivity contribution is -0.475. The highest BCUT2D eigenvalue weighted by Gasteiger charge is 2.14. The number of rotatable bonds is 6. The molecule has 0 unspecified atom stereocenters. The molecule has 2 aromatic carbocycles. The number of hydrogen-bond acceptors (Lipinski definition) is 11. The van der Waals surface area contributed by atoms with Gasteiger partial charge in [-0.15, -0.1) is 5.10 Å². The molecule has 0 radical (unpaired) electrons. The highest BCUT2D eigenvalue weighted by Crippen LogP contribution is 2.22. The third-order valence-corrected chi connectivity index (χ3v) is 3.62. The van der Waals surface area contributed by atoms with E-state index in [1.165, 1.54) is 6.34 Å². The first-order valence-corrected chi connectivity index (χ1v) is 13.3. The van der Waals surface area contributed by atoms with Crippen LogP contribution in [0, 0.1) is 0 Å². The van der Waals surface area contributed by atoms with Crippen molar-refractivity contribution in [1.29, 1.82) is 0 Å². The molecule has 1 heterocycles. The van der Waals surface area contributed by atoms with Crippen molar-refractivity contribution in [2.45, 2.75) is 6.54 Å². The van der Waals surface area contributed by atoms with Crippen LogP contribution in [-0.4, -0.2) is 57.0 Å². The van der Waals surface area contributed by atoms with Gasteiger partial charge in [0.15, 0.2) is 6.21 Å². The number of benzene rings is 2. The van der Waals surface area contributed by atoms with E-state index < -0.39 is 26.2 Å². The van der Waals surface area contributed by atoms with Crippen LogP contribution in [-0.2, 0) is 26.8 Å². The zero-order valence-corrected chi connectivity index (χ0v) is 20.8. The van der Waals surface area contributed by atoms with Crippen LogP contribution in [0.4, 0.5) is 0 Å². The number of esters is 1. The molecule has 196 valence electrons. The second kappa shape index (κ2) is 13.9. The van der Waals surface area contributed by atoms with Crippen LogP contribution >= 0.6 is 0 Å². The second-order valence-electron chi connectivity index (χ2n) is 6.84. The molecule has 0 amide bonds. The van der Waals surface area contributed by atoms with Crippen LogP contribution in [0.3, 0.4) is 0 Å². The normalized spacial score (nSPS) is 11.5. The van der Waals surface area contributed by atoms with Gasteiger partial charge < -0.3 is 18.3 Å². The van der Waals surface area contributed by atoms with Crippen LogP contribution in [0.2, 0.25) is 0 Å². The highest BCUT2D eigenvalue weighted by atomic mass is 32.2. The Hall–Kier alpha value is -3.83. The molecule has 0 aliphatic rings. The molecule has 0 aliphatic heterocycles. The molecule has 0 fully saturated rings. The Labute approximate surface area is 207 Å². The number of hydrazone groups is 1. The zero-order chi connectivity index (χ0) is 27.4. The standard InChI is InChI=1S/C18H17N5O3.2CH4O3S/c19-22-9-12-1-2-14-8-15(4-3-13(14)7-12)26-18(24)17-6-5-16(25-17)10-21-11-23-20;2*1-5(2,3)4/h1-9,11H,10,19-20H2,(H,21,23);2*1H3,(H,2,3,4)/b22-9+;;. The zero-order valence-electron chi connectivity index (χ0n) is 19.1. The molecule has 16 heteroatoms. The molecule has 0 saturated carbocycles. The van der Waals surface area contributed by atoms with Crippen molar-refractivity contribution in [2.75, 3.05) is 12.5 Å². The summed E-state index contributed by atoms with van der Waals surface area (Å²) in [5.74, 6) is 11.0. The van der Waals surface area contributed by atoms with Crippen LogP contribution < -0.4 is 31.9 Å². The molecule has 0 atom stereocenters. The summed E-state index contributed by atoms with van der Waals surface area (Å²) in [5, 5.41) is 4.45. The summed E-state index contributed by atoms with van der Waals surface area (Å²) < 4.78 is 65.3. The molecule has 7 N–H and O–H groups in total. The van der Waals surface area contributed by atoms with E-state index in [-0.39, 0.29) is 5.76 Å². The number of carbonyl (C=O) groups is 1. The minimum atomic E-state index is -3.92. The monoisotopic (exact) mass is 543 g/mol. The number of nitrogens with two attached hydrogens (primary N) is 2. The minimum Gasteiger partial charge on any atom is -0.748 e. The molecule has 3 aromatic rings. The lowest BCUT2D eigenvalue weighted by Gasteiger charge is -2.04. The first kappa shape index (κ1) is 30.2. The SMILES string of the molecule is CS(=O)(=O)[O-].CS(=O)(=O)[O-].NNC=[NH+]Cc1ccc(C(=O)Oc2ccc3cc(/C=[NH+]/N)ccc3c2)o1. The Morgan fingerprint density at radius 3 is 2.19 bits per heavy atom. The van der Waals surface area contributed by atoms with Crippen molar-refractivity contribution in [2.24, 2.45) is 11.7 Å². The molecular weight excluding hydrogens is 518 g/mol. The number of hydrazine groups is 2. The molecule has 0 aliphatic carbocycles. The lowest BCUT2D eigenvalue weighted by atomic mass is 10.1. The van der Waals surface area contributed by atoms with Gasteiger partial charge in [0.25, 0.3) is 0 Å². The summed E-state index contributed by atoms with van der Waals surface area (Å²) in [6.45, 7) is 0.393. The fourth-order valence-electron chi connectivity index (χ4n) is 2.44. The maximum absolute atomic E-state index is 12.2. The van der Waals surface area contributed by atoms with Gasteiger partial charge in [0, 0.05) is 18.1 Å². The van der Waals surface area contributed by atoms with Crippen molar-refractivity contribution in [3.8, 4) is 5.75 Å². The van der Waals surface area contributed by atoms with Crippen LogP contribution in [0.15, 0.2) is 52.9 Å². The third-order valence-electron chi connectivity index (χ3n) is 3.62. The van der Waals surface area contributed by atoms with Crippen LogP contribution in [0.5, 0.6) is 5.75 Å². The van der Waals surface area contributed by atoms with Crippen LogP contribution in [0.1, 0.15) is 21.9 Å². The van der Waals surface area contributed by atoms with Gasteiger partial charge >= 0.3 is 5.97 Å². The molecule has 0 spiro atoms.